The summed E-state index contributed by atoms with van der Waals surface area (Å²) in [6.07, 6.45) is 3.17. The summed E-state index contributed by atoms with van der Waals surface area (Å²) < 4.78 is 7.38. The number of carbonyl (C=O) groups is 1. The highest BCUT2D eigenvalue weighted by molar-refractivity contribution is 5.78. The van der Waals surface area contributed by atoms with Gasteiger partial charge in [-0.15, -0.1) is 0 Å². The number of cyclic esters (lactones) is 1. The normalized spacial score (nSPS) is 30.9. The van der Waals surface area contributed by atoms with Gasteiger partial charge in [-0.2, -0.15) is 5.10 Å². The summed E-state index contributed by atoms with van der Waals surface area (Å²) in [7, 11) is 0. The lowest BCUT2D eigenvalue weighted by molar-refractivity contribution is -0.145. The third-order valence-electron chi connectivity index (χ3n) is 4.45. The van der Waals surface area contributed by atoms with Gasteiger partial charge in [-0.25, -0.2) is 0 Å². The van der Waals surface area contributed by atoms with Crippen molar-refractivity contribution in [3.05, 3.63) is 17.5 Å². The van der Waals surface area contributed by atoms with Crippen molar-refractivity contribution in [3.8, 4) is 0 Å². The van der Waals surface area contributed by atoms with Gasteiger partial charge in [-0.1, -0.05) is 0 Å². The first-order valence-electron chi connectivity index (χ1n) is 7.52. The van der Waals surface area contributed by atoms with Crippen molar-refractivity contribution in [2.45, 2.75) is 64.8 Å². The molecule has 5 nitrogen and oxygen atoms in total. The number of aryl methyl sites for hydroxylation is 2. The molecular formula is C15H23N3O2. The molecule has 0 N–H and O–H groups in total. The molecule has 2 saturated heterocycles. The summed E-state index contributed by atoms with van der Waals surface area (Å²) >= 11 is 0. The summed E-state index contributed by atoms with van der Waals surface area (Å²) in [5.74, 6) is -0.0437. The molecule has 0 aromatic carbocycles. The van der Waals surface area contributed by atoms with Gasteiger partial charge < -0.3 is 4.74 Å². The molecule has 0 amide bonds. The average molecular weight is 277 g/mol. The van der Waals surface area contributed by atoms with E-state index in [2.05, 4.69) is 27.7 Å². The smallest absolute Gasteiger partial charge is 0.323 e. The Morgan fingerprint density at radius 3 is 2.85 bits per heavy atom. The van der Waals surface area contributed by atoms with Crippen molar-refractivity contribution in [1.82, 2.24) is 14.7 Å². The van der Waals surface area contributed by atoms with Gasteiger partial charge in [0.2, 0.25) is 0 Å². The van der Waals surface area contributed by atoms with Crippen LogP contribution in [0.25, 0.3) is 0 Å². The van der Waals surface area contributed by atoms with Crippen LogP contribution >= 0.6 is 0 Å². The molecule has 0 bridgehead atoms. The van der Waals surface area contributed by atoms with Crippen molar-refractivity contribution in [1.29, 1.82) is 0 Å². The van der Waals surface area contributed by atoms with Gasteiger partial charge in [0.05, 0.1) is 12.2 Å². The van der Waals surface area contributed by atoms with Crippen LogP contribution < -0.4 is 0 Å². The van der Waals surface area contributed by atoms with Gasteiger partial charge in [0.15, 0.2) is 0 Å². The largest absolute Gasteiger partial charge is 0.461 e. The van der Waals surface area contributed by atoms with Crippen molar-refractivity contribution in [2.75, 3.05) is 6.54 Å². The Labute approximate surface area is 119 Å². The van der Waals surface area contributed by atoms with E-state index in [1.807, 2.05) is 13.8 Å². The Bertz CT molecular complexity index is 511. The number of carbonyl (C=O) groups excluding carboxylic acids is 1. The van der Waals surface area contributed by atoms with E-state index in [0.717, 1.165) is 38.0 Å². The standard InChI is InChI=1S/C15H23N3O2/c1-10-7-11(2)18(16-10)9-13-5-4-6-17(13)14-8-12(3)20-15(14)19/h7,12-14H,4-6,8-9H2,1-3H3/t12-,13-,14-/m0/s1. The zero-order valence-electron chi connectivity index (χ0n) is 12.5. The number of ether oxygens (including phenoxy) is 1. The lowest BCUT2D eigenvalue weighted by Crippen LogP contribution is -2.43. The molecule has 1 aromatic heterocycles. The number of hydrogen-bond acceptors (Lipinski definition) is 4. The van der Waals surface area contributed by atoms with E-state index < -0.39 is 0 Å². The van der Waals surface area contributed by atoms with E-state index in [9.17, 15) is 4.79 Å². The Morgan fingerprint density at radius 1 is 1.45 bits per heavy atom. The first-order chi connectivity index (χ1) is 9.54. The zero-order valence-corrected chi connectivity index (χ0v) is 12.5. The molecule has 0 radical (unpaired) electrons. The van der Waals surface area contributed by atoms with Crippen LogP contribution in [-0.2, 0) is 16.1 Å². The van der Waals surface area contributed by atoms with Crippen LogP contribution in [0, 0.1) is 13.8 Å². The molecule has 110 valence electrons. The quantitative estimate of drug-likeness (QED) is 0.789. The predicted molar refractivity (Wildman–Crippen MR) is 75.4 cm³/mol. The molecule has 1 aromatic rings. The average Bonchev–Trinajstić information content (AvgIpc) is 3.02. The van der Waals surface area contributed by atoms with E-state index in [1.54, 1.807) is 0 Å². The minimum Gasteiger partial charge on any atom is -0.461 e. The molecule has 3 heterocycles. The predicted octanol–water partition coefficient (Wildman–Crippen LogP) is 1.67. The second-order valence-electron chi connectivity index (χ2n) is 6.14. The van der Waals surface area contributed by atoms with Gasteiger partial charge in [-0.05, 0) is 46.2 Å². The first kappa shape index (κ1) is 13.6. The summed E-state index contributed by atoms with van der Waals surface area (Å²) in [5, 5.41) is 4.54. The highest BCUT2D eigenvalue weighted by Crippen LogP contribution is 2.28. The third-order valence-corrected chi connectivity index (χ3v) is 4.45. The molecule has 5 heteroatoms. The van der Waals surface area contributed by atoms with Crippen LogP contribution in [0.5, 0.6) is 0 Å². The van der Waals surface area contributed by atoms with E-state index in [0.29, 0.717) is 6.04 Å². The molecule has 0 aliphatic carbocycles. The summed E-state index contributed by atoms with van der Waals surface area (Å²) in [6, 6.07) is 2.45. The Balaban J connectivity index is 1.73. The molecule has 0 spiro atoms. The monoisotopic (exact) mass is 277 g/mol. The molecule has 0 unspecified atom stereocenters. The zero-order chi connectivity index (χ0) is 14.3. The minimum atomic E-state index is -0.0468. The second-order valence-corrected chi connectivity index (χ2v) is 6.14. The topological polar surface area (TPSA) is 47.4 Å². The lowest BCUT2D eigenvalue weighted by atomic mass is 10.1. The maximum absolute atomic E-state index is 12.0. The molecule has 0 saturated carbocycles. The van der Waals surface area contributed by atoms with E-state index >= 15 is 0 Å². The molecular weight excluding hydrogens is 254 g/mol. The lowest BCUT2D eigenvalue weighted by Gasteiger charge is -2.28. The van der Waals surface area contributed by atoms with Crippen molar-refractivity contribution in [3.63, 3.8) is 0 Å². The fourth-order valence-electron chi connectivity index (χ4n) is 3.53. The summed E-state index contributed by atoms with van der Waals surface area (Å²) in [5.41, 5.74) is 2.25. The molecule has 3 atom stereocenters. The highest BCUT2D eigenvalue weighted by atomic mass is 16.6. The van der Waals surface area contributed by atoms with Crippen LogP contribution in [0.3, 0.4) is 0 Å². The first-order valence-corrected chi connectivity index (χ1v) is 7.52. The summed E-state index contributed by atoms with van der Waals surface area (Å²) in [6.45, 7) is 7.95. The molecule has 2 aliphatic rings. The number of rotatable bonds is 3. The minimum absolute atomic E-state index is 0.0437. The van der Waals surface area contributed by atoms with Gasteiger partial charge in [0.25, 0.3) is 0 Å². The fraction of sp³-hybridized carbons (Fsp3) is 0.733. The molecule has 2 fully saturated rings. The second kappa shape index (κ2) is 5.20. The fourth-order valence-corrected chi connectivity index (χ4v) is 3.53. The van der Waals surface area contributed by atoms with Gasteiger partial charge in [-0.3, -0.25) is 14.4 Å². The van der Waals surface area contributed by atoms with Gasteiger partial charge in [0.1, 0.15) is 12.1 Å². The van der Waals surface area contributed by atoms with E-state index in [-0.39, 0.29) is 18.1 Å². The van der Waals surface area contributed by atoms with Crippen LogP contribution in [0.2, 0.25) is 0 Å². The Morgan fingerprint density at radius 2 is 2.25 bits per heavy atom. The molecule has 3 rings (SSSR count). The van der Waals surface area contributed by atoms with Crippen molar-refractivity contribution >= 4 is 5.97 Å². The Hall–Kier alpha value is -1.36. The maximum Gasteiger partial charge on any atom is 0.323 e. The van der Waals surface area contributed by atoms with Crippen molar-refractivity contribution < 1.29 is 9.53 Å². The SMILES string of the molecule is Cc1cc(C)n(C[C@@H]2CCCN2[C@H]2C[C@H](C)OC2=O)n1. The third kappa shape index (κ3) is 2.46. The van der Waals surface area contributed by atoms with Gasteiger partial charge >= 0.3 is 5.97 Å². The molecule has 2 aliphatic heterocycles. The number of aromatic nitrogens is 2. The summed E-state index contributed by atoms with van der Waals surface area (Å²) in [4.78, 5) is 14.3. The van der Waals surface area contributed by atoms with E-state index in [4.69, 9.17) is 4.74 Å². The number of likely N-dealkylation sites (tertiary alicyclic amines) is 1. The number of nitrogens with zero attached hydrogens (tertiary/aromatic N) is 3. The van der Waals surface area contributed by atoms with Crippen LogP contribution in [0.4, 0.5) is 0 Å². The maximum atomic E-state index is 12.0. The van der Waals surface area contributed by atoms with Crippen LogP contribution in [0.15, 0.2) is 6.07 Å². The number of hydrogen-bond donors (Lipinski definition) is 0. The van der Waals surface area contributed by atoms with Gasteiger partial charge in [0, 0.05) is 18.2 Å². The van der Waals surface area contributed by atoms with Crippen LogP contribution in [-0.4, -0.2) is 45.4 Å². The van der Waals surface area contributed by atoms with E-state index in [1.165, 1.54) is 5.69 Å². The highest BCUT2D eigenvalue weighted by Gasteiger charge is 2.41. The van der Waals surface area contributed by atoms with Crippen molar-refractivity contribution in [2.24, 2.45) is 0 Å². The Kier molecular flexibility index (Phi) is 3.54. The van der Waals surface area contributed by atoms with Crippen LogP contribution in [0.1, 0.15) is 37.6 Å². The molecule has 20 heavy (non-hydrogen) atoms. The number of esters is 1.